The smallest absolute Gasteiger partial charge is 0.340 e. The van der Waals surface area contributed by atoms with Crippen LogP contribution in [0.5, 0.6) is 0 Å². The van der Waals surface area contributed by atoms with Crippen LogP contribution in [0.1, 0.15) is 42.4 Å². The average Bonchev–Trinajstić information content (AvgIpc) is 2.66. The van der Waals surface area contributed by atoms with Crippen LogP contribution in [-0.2, 0) is 5.41 Å². The minimum Gasteiger partial charge on any atom is -0.478 e. The number of nitrogens with zero attached hydrogens (tertiary/aromatic N) is 3. The van der Waals surface area contributed by atoms with Gasteiger partial charge in [-0.05, 0) is 24.6 Å². The monoisotopic (exact) mass is 293 g/mol. The molecule has 0 radical (unpaired) electrons. The lowest BCUT2D eigenvalue weighted by Crippen LogP contribution is -2.16. The molecule has 2 aromatic rings. The number of hydrogen-bond acceptors (Lipinski definition) is 3. The minimum absolute atomic E-state index is 0.0301. The van der Waals surface area contributed by atoms with Gasteiger partial charge in [-0.2, -0.15) is 5.10 Å². The highest BCUT2D eigenvalue weighted by molar-refractivity contribution is 6.33. The molecule has 5 nitrogen and oxygen atoms in total. The topological polar surface area (TPSA) is 68.0 Å². The van der Waals surface area contributed by atoms with Gasteiger partial charge in [0.2, 0.25) is 0 Å². The summed E-state index contributed by atoms with van der Waals surface area (Å²) in [7, 11) is 0. The fourth-order valence-electron chi connectivity index (χ4n) is 1.90. The molecule has 0 aliphatic rings. The Hall–Kier alpha value is -1.88. The Bertz CT molecular complexity index is 672. The van der Waals surface area contributed by atoms with E-state index in [1.165, 1.54) is 4.68 Å². The normalized spacial score (nSPS) is 11.7. The summed E-state index contributed by atoms with van der Waals surface area (Å²) in [5, 5.41) is 13.8. The maximum absolute atomic E-state index is 11.4. The Morgan fingerprint density at radius 3 is 2.50 bits per heavy atom. The zero-order valence-corrected chi connectivity index (χ0v) is 12.6. The quantitative estimate of drug-likeness (QED) is 0.923. The summed E-state index contributed by atoms with van der Waals surface area (Å²) in [4.78, 5) is 15.6. The number of aryl methyl sites for hydroxylation is 1. The number of carboxylic acids is 1. The van der Waals surface area contributed by atoms with E-state index in [4.69, 9.17) is 11.6 Å². The van der Waals surface area contributed by atoms with Crippen molar-refractivity contribution in [3.8, 4) is 5.82 Å². The summed E-state index contributed by atoms with van der Waals surface area (Å²) in [5.41, 5.74) is 1.04. The molecule has 0 amide bonds. The third-order valence-corrected chi connectivity index (χ3v) is 3.22. The lowest BCUT2D eigenvalue weighted by molar-refractivity contribution is 0.0694. The Balaban J connectivity index is 2.71. The molecular weight excluding hydrogens is 278 g/mol. The SMILES string of the molecule is Cc1ccnc(-n2nc(C(C)(C)C)c(C(=O)O)c2Cl)c1. The van der Waals surface area contributed by atoms with Crippen LogP contribution in [0.15, 0.2) is 18.3 Å². The Morgan fingerprint density at radius 2 is 2.05 bits per heavy atom. The van der Waals surface area contributed by atoms with Crippen LogP contribution in [-0.4, -0.2) is 25.8 Å². The van der Waals surface area contributed by atoms with E-state index < -0.39 is 11.4 Å². The van der Waals surface area contributed by atoms with Gasteiger partial charge in [-0.1, -0.05) is 32.4 Å². The number of halogens is 1. The predicted octanol–water partition coefficient (Wildman–Crippen LogP) is 3.22. The number of carbonyl (C=O) groups is 1. The van der Waals surface area contributed by atoms with Crippen LogP contribution in [0.2, 0.25) is 5.15 Å². The van der Waals surface area contributed by atoms with Crippen molar-refractivity contribution in [2.24, 2.45) is 0 Å². The van der Waals surface area contributed by atoms with Crippen LogP contribution in [0.4, 0.5) is 0 Å². The summed E-state index contributed by atoms with van der Waals surface area (Å²) in [6.07, 6.45) is 1.64. The van der Waals surface area contributed by atoms with E-state index in [1.807, 2.05) is 33.8 Å². The van der Waals surface area contributed by atoms with Crippen LogP contribution in [0.25, 0.3) is 5.82 Å². The van der Waals surface area contributed by atoms with Crippen molar-refractivity contribution in [3.05, 3.63) is 40.3 Å². The van der Waals surface area contributed by atoms with Crippen molar-refractivity contribution in [2.45, 2.75) is 33.1 Å². The van der Waals surface area contributed by atoms with Crippen molar-refractivity contribution >= 4 is 17.6 Å². The van der Waals surface area contributed by atoms with Crippen LogP contribution in [0.3, 0.4) is 0 Å². The second kappa shape index (κ2) is 4.90. The molecule has 106 valence electrons. The lowest BCUT2D eigenvalue weighted by Gasteiger charge is -2.15. The van der Waals surface area contributed by atoms with Gasteiger partial charge in [0.1, 0.15) is 10.7 Å². The van der Waals surface area contributed by atoms with E-state index in [0.29, 0.717) is 11.5 Å². The van der Waals surface area contributed by atoms with E-state index >= 15 is 0 Å². The maximum atomic E-state index is 11.4. The Morgan fingerprint density at radius 1 is 1.40 bits per heavy atom. The van der Waals surface area contributed by atoms with Crippen molar-refractivity contribution < 1.29 is 9.90 Å². The zero-order chi connectivity index (χ0) is 15.1. The molecular formula is C14H16ClN3O2. The highest BCUT2D eigenvalue weighted by Gasteiger charge is 2.30. The molecule has 0 aliphatic heterocycles. The van der Waals surface area contributed by atoms with Crippen molar-refractivity contribution in [1.82, 2.24) is 14.8 Å². The van der Waals surface area contributed by atoms with Crippen molar-refractivity contribution in [3.63, 3.8) is 0 Å². The predicted molar refractivity (Wildman–Crippen MR) is 76.8 cm³/mol. The molecule has 0 fully saturated rings. The summed E-state index contributed by atoms with van der Waals surface area (Å²) in [5.74, 6) is -0.577. The Kier molecular flexibility index (Phi) is 3.56. The maximum Gasteiger partial charge on any atom is 0.340 e. The molecule has 0 bridgehead atoms. The first-order valence-electron chi connectivity index (χ1n) is 6.17. The second-order valence-electron chi connectivity index (χ2n) is 5.67. The molecule has 0 saturated heterocycles. The van der Waals surface area contributed by atoms with Gasteiger partial charge in [0.25, 0.3) is 0 Å². The molecule has 6 heteroatoms. The van der Waals surface area contributed by atoms with Gasteiger partial charge >= 0.3 is 5.97 Å². The third-order valence-electron chi connectivity index (χ3n) is 2.87. The molecule has 2 rings (SSSR count). The van der Waals surface area contributed by atoms with E-state index in [0.717, 1.165) is 5.56 Å². The number of aromatic carboxylic acids is 1. The van der Waals surface area contributed by atoms with Gasteiger partial charge < -0.3 is 5.11 Å². The Labute approximate surface area is 122 Å². The number of carboxylic acid groups (broad SMARTS) is 1. The first-order chi connectivity index (χ1) is 9.21. The van der Waals surface area contributed by atoms with Crippen molar-refractivity contribution in [2.75, 3.05) is 0 Å². The molecule has 0 aliphatic carbocycles. The molecule has 2 aromatic heterocycles. The van der Waals surface area contributed by atoms with E-state index in [9.17, 15) is 9.90 Å². The molecule has 0 unspecified atom stereocenters. The van der Waals surface area contributed by atoms with Crippen LogP contribution in [0, 0.1) is 6.92 Å². The van der Waals surface area contributed by atoms with Crippen molar-refractivity contribution in [1.29, 1.82) is 0 Å². The number of rotatable bonds is 2. The number of aromatic nitrogens is 3. The zero-order valence-electron chi connectivity index (χ0n) is 11.8. The summed E-state index contributed by atoms with van der Waals surface area (Å²) in [6.45, 7) is 7.61. The van der Waals surface area contributed by atoms with Gasteiger partial charge in [-0.15, -0.1) is 0 Å². The van der Waals surface area contributed by atoms with Gasteiger partial charge in [-0.25, -0.2) is 14.5 Å². The average molecular weight is 294 g/mol. The van der Waals surface area contributed by atoms with E-state index in [-0.39, 0.29) is 10.7 Å². The van der Waals surface area contributed by atoms with Gasteiger partial charge in [-0.3, -0.25) is 0 Å². The van der Waals surface area contributed by atoms with Crippen LogP contribution < -0.4 is 0 Å². The molecule has 2 heterocycles. The molecule has 1 N–H and O–H groups in total. The fourth-order valence-corrected chi connectivity index (χ4v) is 2.19. The van der Waals surface area contributed by atoms with Gasteiger partial charge in [0.15, 0.2) is 5.82 Å². The fraction of sp³-hybridized carbons (Fsp3) is 0.357. The molecule has 0 atom stereocenters. The summed E-state index contributed by atoms with van der Waals surface area (Å²) in [6, 6.07) is 3.65. The second-order valence-corrected chi connectivity index (χ2v) is 6.03. The van der Waals surface area contributed by atoms with Gasteiger partial charge in [0.05, 0.1) is 5.69 Å². The largest absolute Gasteiger partial charge is 0.478 e. The van der Waals surface area contributed by atoms with E-state index in [2.05, 4.69) is 10.1 Å². The third kappa shape index (κ3) is 2.54. The molecule has 0 saturated carbocycles. The number of pyridine rings is 1. The first kappa shape index (κ1) is 14.5. The summed E-state index contributed by atoms with van der Waals surface area (Å²) >= 11 is 6.20. The number of hydrogen-bond donors (Lipinski definition) is 1. The molecule has 0 aromatic carbocycles. The lowest BCUT2D eigenvalue weighted by atomic mass is 9.89. The highest BCUT2D eigenvalue weighted by Crippen LogP contribution is 2.31. The molecule has 0 spiro atoms. The highest BCUT2D eigenvalue weighted by atomic mass is 35.5. The minimum atomic E-state index is -1.08. The van der Waals surface area contributed by atoms with E-state index in [1.54, 1.807) is 12.3 Å². The first-order valence-corrected chi connectivity index (χ1v) is 6.55. The van der Waals surface area contributed by atoms with Crippen LogP contribution >= 0.6 is 11.6 Å². The van der Waals surface area contributed by atoms with Gasteiger partial charge in [0, 0.05) is 11.6 Å². The molecule has 20 heavy (non-hydrogen) atoms. The summed E-state index contributed by atoms with van der Waals surface area (Å²) < 4.78 is 1.37. The standard InChI is InChI=1S/C14H16ClN3O2/c1-8-5-6-16-9(7-8)18-12(15)10(13(19)20)11(17-18)14(2,3)4/h5-7H,1-4H3,(H,19,20).